The Morgan fingerprint density at radius 2 is 1.80 bits per heavy atom. The first-order valence-corrected chi connectivity index (χ1v) is 10.0. The summed E-state index contributed by atoms with van der Waals surface area (Å²) in [6.07, 6.45) is 4.41. The number of likely N-dealkylation sites (tertiary alicyclic amines) is 1. The van der Waals surface area contributed by atoms with Crippen LogP contribution in [-0.2, 0) is 19.7 Å². The third-order valence-corrected chi connectivity index (χ3v) is 5.62. The summed E-state index contributed by atoms with van der Waals surface area (Å²) in [5.41, 5.74) is 1.15. The van der Waals surface area contributed by atoms with Crippen molar-refractivity contribution in [3.8, 4) is 0 Å². The highest BCUT2D eigenvalue weighted by Crippen LogP contribution is 2.43. The van der Waals surface area contributed by atoms with Gasteiger partial charge < -0.3 is 24.4 Å². The van der Waals surface area contributed by atoms with Crippen LogP contribution in [0.5, 0.6) is 0 Å². The monoisotopic (exact) mass is 417 g/mol. The number of methoxy groups -OCH3 is 1. The van der Waals surface area contributed by atoms with E-state index in [-0.39, 0.29) is 5.41 Å². The second-order valence-electron chi connectivity index (χ2n) is 7.62. The standard InChI is InChI=1S/C19H25N3O2.C2H2O4/c1-23-14-13-22-11-9-19(10-12-22,16-5-3-2-4-6-16)18-20-17(21-24-18)15-7-8-15;3-1(4)2(5)6/h2-6,15H,7-14H2,1H3;(H,3,4)(H,5,6). The molecule has 4 rings (SSSR count). The molecule has 0 amide bonds. The van der Waals surface area contributed by atoms with Crippen molar-refractivity contribution in [1.29, 1.82) is 0 Å². The second kappa shape index (κ2) is 9.82. The Morgan fingerprint density at radius 1 is 1.17 bits per heavy atom. The van der Waals surface area contributed by atoms with Crippen LogP contribution in [0.2, 0.25) is 0 Å². The molecular weight excluding hydrogens is 390 g/mol. The zero-order valence-corrected chi connectivity index (χ0v) is 17.0. The highest BCUT2D eigenvalue weighted by Gasteiger charge is 2.43. The van der Waals surface area contributed by atoms with Crippen molar-refractivity contribution in [2.75, 3.05) is 33.4 Å². The topological polar surface area (TPSA) is 126 Å². The Morgan fingerprint density at radius 3 is 2.33 bits per heavy atom. The van der Waals surface area contributed by atoms with E-state index < -0.39 is 11.9 Å². The largest absolute Gasteiger partial charge is 0.473 e. The number of hydrogen-bond acceptors (Lipinski definition) is 7. The molecule has 30 heavy (non-hydrogen) atoms. The van der Waals surface area contributed by atoms with Crippen LogP contribution in [0, 0.1) is 0 Å². The molecule has 1 aromatic heterocycles. The first-order chi connectivity index (χ1) is 14.5. The molecule has 2 N–H and O–H groups in total. The molecule has 1 aromatic carbocycles. The van der Waals surface area contributed by atoms with Gasteiger partial charge in [-0.2, -0.15) is 4.98 Å². The quantitative estimate of drug-likeness (QED) is 0.680. The highest BCUT2D eigenvalue weighted by molar-refractivity contribution is 6.27. The minimum Gasteiger partial charge on any atom is -0.473 e. The van der Waals surface area contributed by atoms with Gasteiger partial charge in [-0.25, -0.2) is 9.59 Å². The first kappa shape index (κ1) is 21.9. The molecule has 9 nitrogen and oxygen atoms in total. The lowest BCUT2D eigenvalue weighted by Crippen LogP contribution is -2.44. The predicted octanol–water partition coefficient (Wildman–Crippen LogP) is 2.13. The number of piperidine rings is 1. The molecule has 0 radical (unpaired) electrons. The molecule has 2 heterocycles. The van der Waals surface area contributed by atoms with Gasteiger partial charge in [0.15, 0.2) is 5.82 Å². The molecule has 1 aliphatic carbocycles. The number of aromatic nitrogens is 2. The van der Waals surface area contributed by atoms with Gasteiger partial charge in [-0.1, -0.05) is 35.5 Å². The molecule has 0 unspecified atom stereocenters. The van der Waals surface area contributed by atoms with Gasteiger partial charge >= 0.3 is 11.9 Å². The molecule has 0 atom stereocenters. The fourth-order valence-corrected chi connectivity index (χ4v) is 3.70. The fraction of sp³-hybridized carbons (Fsp3) is 0.524. The summed E-state index contributed by atoms with van der Waals surface area (Å²) in [6.45, 7) is 3.82. The van der Waals surface area contributed by atoms with Gasteiger partial charge in [-0.05, 0) is 44.3 Å². The van der Waals surface area contributed by atoms with E-state index in [2.05, 4.69) is 40.4 Å². The summed E-state index contributed by atoms with van der Waals surface area (Å²) in [5, 5.41) is 19.1. The number of rotatable bonds is 6. The molecule has 2 aliphatic rings. The van der Waals surface area contributed by atoms with Crippen molar-refractivity contribution in [1.82, 2.24) is 15.0 Å². The van der Waals surface area contributed by atoms with Gasteiger partial charge in [0.2, 0.25) is 5.89 Å². The van der Waals surface area contributed by atoms with Crippen molar-refractivity contribution >= 4 is 11.9 Å². The normalized spacial score (nSPS) is 18.3. The molecule has 0 bridgehead atoms. The van der Waals surface area contributed by atoms with Gasteiger partial charge in [-0.15, -0.1) is 0 Å². The number of benzene rings is 1. The van der Waals surface area contributed by atoms with Gasteiger partial charge in [0.1, 0.15) is 0 Å². The van der Waals surface area contributed by atoms with Crippen molar-refractivity contribution in [2.24, 2.45) is 0 Å². The zero-order chi connectivity index (χ0) is 21.6. The first-order valence-electron chi connectivity index (χ1n) is 10.0. The van der Waals surface area contributed by atoms with Crippen molar-refractivity contribution < 1.29 is 29.1 Å². The van der Waals surface area contributed by atoms with Crippen LogP contribution >= 0.6 is 0 Å². The molecule has 9 heteroatoms. The van der Waals surface area contributed by atoms with E-state index in [1.54, 1.807) is 7.11 Å². The smallest absolute Gasteiger partial charge is 0.414 e. The van der Waals surface area contributed by atoms with Crippen LogP contribution in [0.15, 0.2) is 34.9 Å². The molecule has 0 spiro atoms. The minimum absolute atomic E-state index is 0.148. The van der Waals surface area contributed by atoms with Crippen LogP contribution in [0.25, 0.3) is 0 Å². The minimum atomic E-state index is -1.82. The number of ether oxygens (including phenoxy) is 1. The number of carboxylic acid groups (broad SMARTS) is 2. The van der Waals surface area contributed by atoms with Gasteiger partial charge in [0, 0.05) is 19.6 Å². The van der Waals surface area contributed by atoms with E-state index in [1.807, 2.05) is 0 Å². The maximum atomic E-state index is 9.10. The molecule has 1 aliphatic heterocycles. The molecule has 162 valence electrons. The molecule has 2 fully saturated rings. The van der Waals surface area contributed by atoms with E-state index in [0.717, 1.165) is 50.8 Å². The molecular formula is C21H27N3O6. The third-order valence-electron chi connectivity index (χ3n) is 5.62. The molecule has 2 aromatic rings. The number of aliphatic carboxylic acids is 2. The van der Waals surface area contributed by atoms with Gasteiger partial charge in [-0.3, -0.25) is 0 Å². The van der Waals surface area contributed by atoms with E-state index in [1.165, 1.54) is 18.4 Å². The van der Waals surface area contributed by atoms with E-state index in [0.29, 0.717) is 5.92 Å². The van der Waals surface area contributed by atoms with Crippen LogP contribution < -0.4 is 0 Å². The summed E-state index contributed by atoms with van der Waals surface area (Å²) in [4.78, 5) is 25.5. The Bertz CT molecular complexity index is 829. The van der Waals surface area contributed by atoms with E-state index in [9.17, 15) is 0 Å². The number of hydrogen-bond donors (Lipinski definition) is 2. The van der Waals surface area contributed by atoms with Gasteiger partial charge in [0.05, 0.1) is 12.0 Å². The lowest BCUT2D eigenvalue weighted by atomic mass is 9.72. The SMILES string of the molecule is COCCN1CCC(c2ccccc2)(c2nc(C3CC3)no2)CC1.O=C(O)C(=O)O. The van der Waals surface area contributed by atoms with Crippen LogP contribution in [-0.4, -0.2) is 70.5 Å². The Hall–Kier alpha value is -2.78. The summed E-state index contributed by atoms with van der Waals surface area (Å²) in [6, 6.07) is 10.7. The average Bonchev–Trinajstić information content (AvgIpc) is 3.50. The summed E-state index contributed by atoms with van der Waals surface area (Å²) < 4.78 is 11.0. The van der Waals surface area contributed by atoms with Crippen molar-refractivity contribution in [3.05, 3.63) is 47.6 Å². The predicted molar refractivity (Wildman–Crippen MR) is 106 cm³/mol. The average molecular weight is 417 g/mol. The van der Waals surface area contributed by atoms with Crippen LogP contribution in [0.1, 0.15) is 48.9 Å². The van der Waals surface area contributed by atoms with E-state index >= 15 is 0 Å². The molecule has 1 saturated carbocycles. The lowest BCUT2D eigenvalue weighted by molar-refractivity contribution is -0.159. The highest BCUT2D eigenvalue weighted by atomic mass is 16.5. The summed E-state index contributed by atoms with van der Waals surface area (Å²) in [7, 11) is 1.76. The van der Waals surface area contributed by atoms with Crippen molar-refractivity contribution in [2.45, 2.75) is 37.0 Å². The maximum absolute atomic E-state index is 9.10. The number of nitrogens with zero attached hydrogens (tertiary/aromatic N) is 3. The Labute approximate surface area is 174 Å². The number of carboxylic acids is 2. The van der Waals surface area contributed by atoms with Crippen molar-refractivity contribution in [3.63, 3.8) is 0 Å². The van der Waals surface area contributed by atoms with Crippen LogP contribution in [0.3, 0.4) is 0 Å². The summed E-state index contributed by atoms with van der Waals surface area (Å²) in [5.74, 6) is -1.41. The Balaban J connectivity index is 0.000000377. The third kappa shape index (κ3) is 5.22. The zero-order valence-electron chi connectivity index (χ0n) is 17.0. The number of carbonyl (C=O) groups is 2. The maximum Gasteiger partial charge on any atom is 0.414 e. The summed E-state index contributed by atoms with van der Waals surface area (Å²) >= 11 is 0. The molecule has 1 saturated heterocycles. The second-order valence-corrected chi connectivity index (χ2v) is 7.62. The fourth-order valence-electron chi connectivity index (χ4n) is 3.70. The Kier molecular flexibility index (Phi) is 7.17. The van der Waals surface area contributed by atoms with Crippen LogP contribution in [0.4, 0.5) is 0 Å². The van der Waals surface area contributed by atoms with E-state index in [4.69, 9.17) is 34.0 Å². The lowest BCUT2D eigenvalue weighted by Gasteiger charge is -2.39. The van der Waals surface area contributed by atoms with Gasteiger partial charge in [0.25, 0.3) is 0 Å².